The van der Waals surface area contributed by atoms with Crippen LogP contribution in [0.15, 0.2) is 41.3 Å². The molecule has 3 rings (SSSR count). The third kappa shape index (κ3) is 4.24. The maximum atomic E-state index is 13.0. The standard InChI is InChI=1S/C18H17F3N2O3S/c1-11-5-6-13(10-15(11)18(19,20)21)23-27(25,26)14-7-8-16-12(9-14)3-2-4-17(24)22-16/h5-10,23H,2-4H2,1H3,(H,22,24). The van der Waals surface area contributed by atoms with Gasteiger partial charge in [0.05, 0.1) is 10.5 Å². The molecule has 144 valence electrons. The molecule has 2 aromatic rings. The third-order valence-electron chi connectivity index (χ3n) is 4.31. The highest BCUT2D eigenvalue weighted by Crippen LogP contribution is 2.34. The summed E-state index contributed by atoms with van der Waals surface area (Å²) in [5.41, 5.74) is 0.157. The molecule has 0 aliphatic carbocycles. The van der Waals surface area contributed by atoms with Crippen molar-refractivity contribution < 1.29 is 26.4 Å². The molecular weight excluding hydrogens is 381 g/mol. The molecule has 1 aliphatic heterocycles. The van der Waals surface area contributed by atoms with Gasteiger partial charge in [0.15, 0.2) is 0 Å². The number of hydrogen-bond acceptors (Lipinski definition) is 3. The minimum atomic E-state index is -4.58. The summed E-state index contributed by atoms with van der Waals surface area (Å²) >= 11 is 0. The van der Waals surface area contributed by atoms with Crippen LogP contribution in [0.1, 0.15) is 29.5 Å². The summed E-state index contributed by atoms with van der Waals surface area (Å²) in [4.78, 5) is 11.5. The van der Waals surface area contributed by atoms with Crippen molar-refractivity contribution in [3.8, 4) is 0 Å². The van der Waals surface area contributed by atoms with Crippen LogP contribution in [0.4, 0.5) is 24.5 Å². The van der Waals surface area contributed by atoms with E-state index in [0.29, 0.717) is 30.5 Å². The molecule has 27 heavy (non-hydrogen) atoms. The highest BCUT2D eigenvalue weighted by Gasteiger charge is 2.32. The Morgan fingerprint density at radius 1 is 1.07 bits per heavy atom. The first kappa shape index (κ1) is 19.2. The molecule has 0 fully saturated rings. The lowest BCUT2D eigenvalue weighted by Crippen LogP contribution is -2.15. The molecule has 1 aliphatic rings. The Labute approximate surface area is 154 Å². The monoisotopic (exact) mass is 398 g/mol. The predicted molar refractivity (Wildman–Crippen MR) is 95.0 cm³/mol. The van der Waals surface area contributed by atoms with Gasteiger partial charge in [-0.15, -0.1) is 0 Å². The molecule has 0 aromatic heterocycles. The number of alkyl halides is 3. The van der Waals surface area contributed by atoms with Crippen molar-refractivity contribution in [2.75, 3.05) is 10.0 Å². The summed E-state index contributed by atoms with van der Waals surface area (Å²) in [7, 11) is -4.08. The van der Waals surface area contributed by atoms with Crippen molar-refractivity contribution in [1.82, 2.24) is 0 Å². The molecule has 5 nitrogen and oxygen atoms in total. The van der Waals surface area contributed by atoms with Gasteiger partial charge in [0.2, 0.25) is 5.91 Å². The topological polar surface area (TPSA) is 75.3 Å². The van der Waals surface area contributed by atoms with E-state index in [4.69, 9.17) is 0 Å². The number of fused-ring (bicyclic) bond motifs is 1. The molecule has 0 spiro atoms. The van der Waals surface area contributed by atoms with Crippen molar-refractivity contribution in [3.63, 3.8) is 0 Å². The second-order valence-electron chi connectivity index (χ2n) is 6.35. The number of aryl methyl sites for hydroxylation is 2. The highest BCUT2D eigenvalue weighted by atomic mass is 32.2. The Bertz CT molecular complexity index is 1000. The van der Waals surface area contributed by atoms with E-state index >= 15 is 0 Å². The van der Waals surface area contributed by atoms with Gasteiger partial charge >= 0.3 is 6.18 Å². The van der Waals surface area contributed by atoms with Gasteiger partial charge in [0.25, 0.3) is 10.0 Å². The Kier molecular flexibility index (Phi) is 4.90. The second-order valence-corrected chi connectivity index (χ2v) is 8.04. The number of sulfonamides is 1. The second kappa shape index (κ2) is 6.88. The molecule has 0 atom stereocenters. The fourth-order valence-electron chi connectivity index (χ4n) is 2.92. The Balaban J connectivity index is 1.92. The minimum Gasteiger partial charge on any atom is -0.326 e. The summed E-state index contributed by atoms with van der Waals surface area (Å²) in [6.07, 6.45) is -3.12. The lowest BCUT2D eigenvalue weighted by Gasteiger charge is -2.14. The summed E-state index contributed by atoms with van der Waals surface area (Å²) in [6, 6.07) is 7.51. The van der Waals surface area contributed by atoms with Crippen molar-refractivity contribution >= 4 is 27.3 Å². The predicted octanol–water partition coefficient (Wildman–Crippen LogP) is 4.09. The van der Waals surface area contributed by atoms with Crippen LogP contribution in [-0.2, 0) is 27.4 Å². The van der Waals surface area contributed by atoms with Gasteiger partial charge in [-0.25, -0.2) is 8.42 Å². The van der Waals surface area contributed by atoms with E-state index < -0.39 is 21.8 Å². The quantitative estimate of drug-likeness (QED) is 0.818. The average molecular weight is 398 g/mol. The Morgan fingerprint density at radius 2 is 1.81 bits per heavy atom. The van der Waals surface area contributed by atoms with Gasteiger partial charge in [-0.1, -0.05) is 6.07 Å². The summed E-state index contributed by atoms with van der Waals surface area (Å²) in [5, 5.41) is 2.70. The van der Waals surface area contributed by atoms with E-state index in [9.17, 15) is 26.4 Å². The average Bonchev–Trinajstić information content (AvgIpc) is 2.75. The number of anilines is 2. The van der Waals surface area contributed by atoms with Gasteiger partial charge in [0, 0.05) is 17.8 Å². The fourth-order valence-corrected chi connectivity index (χ4v) is 4.02. The van der Waals surface area contributed by atoms with Crippen LogP contribution in [0.2, 0.25) is 0 Å². The molecule has 0 saturated heterocycles. The minimum absolute atomic E-state index is 0.00576. The lowest BCUT2D eigenvalue weighted by molar-refractivity contribution is -0.138. The number of amides is 1. The van der Waals surface area contributed by atoms with Crippen LogP contribution in [-0.4, -0.2) is 14.3 Å². The van der Waals surface area contributed by atoms with Crippen LogP contribution in [0.5, 0.6) is 0 Å². The molecule has 1 amide bonds. The molecule has 1 heterocycles. The number of halogens is 3. The maximum absolute atomic E-state index is 13.0. The SMILES string of the molecule is Cc1ccc(NS(=O)(=O)c2ccc3c(c2)CCCC(=O)N3)cc1C(F)(F)F. The van der Waals surface area contributed by atoms with E-state index in [-0.39, 0.29) is 22.1 Å². The van der Waals surface area contributed by atoms with Crippen molar-refractivity contribution in [1.29, 1.82) is 0 Å². The van der Waals surface area contributed by atoms with E-state index in [1.54, 1.807) is 0 Å². The number of benzene rings is 2. The highest BCUT2D eigenvalue weighted by molar-refractivity contribution is 7.92. The van der Waals surface area contributed by atoms with E-state index in [1.165, 1.54) is 37.3 Å². The lowest BCUT2D eigenvalue weighted by atomic mass is 10.1. The number of hydrogen-bond donors (Lipinski definition) is 2. The Hall–Kier alpha value is -2.55. The van der Waals surface area contributed by atoms with E-state index in [2.05, 4.69) is 10.0 Å². The maximum Gasteiger partial charge on any atom is 0.416 e. The molecule has 0 radical (unpaired) electrons. The number of carbonyl (C=O) groups is 1. The zero-order valence-corrected chi connectivity index (χ0v) is 15.2. The zero-order chi connectivity index (χ0) is 19.8. The van der Waals surface area contributed by atoms with E-state index in [1.807, 2.05) is 0 Å². The smallest absolute Gasteiger partial charge is 0.326 e. The number of carbonyl (C=O) groups excluding carboxylic acids is 1. The van der Waals surface area contributed by atoms with Crippen molar-refractivity contribution in [2.45, 2.75) is 37.3 Å². The normalized spacial score (nSPS) is 14.9. The molecular formula is C18H17F3N2O3S. The molecule has 0 bridgehead atoms. The van der Waals surface area contributed by atoms with Crippen LogP contribution < -0.4 is 10.0 Å². The van der Waals surface area contributed by atoms with Crippen LogP contribution in [0.3, 0.4) is 0 Å². The largest absolute Gasteiger partial charge is 0.416 e. The van der Waals surface area contributed by atoms with Gasteiger partial charge in [-0.05, 0) is 61.2 Å². The fraction of sp³-hybridized carbons (Fsp3) is 0.278. The van der Waals surface area contributed by atoms with Crippen LogP contribution in [0.25, 0.3) is 0 Å². The summed E-state index contributed by atoms with van der Waals surface area (Å²) < 4.78 is 66.5. The number of nitrogens with one attached hydrogen (secondary N) is 2. The molecule has 9 heteroatoms. The molecule has 2 aromatic carbocycles. The summed E-state index contributed by atoms with van der Waals surface area (Å²) in [5.74, 6) is -0.137. The van der Waals surface area contributed by atoms with Gasteiger partial charge in [-0.2, -0.15) is 13.2 Å². The van der Waals surface area contributed by atoms with Gasteiger partial charge < -0.3 is 5.32 Å². The Morgan fingerprint density at radius 3 is 2.52 bits per heavy atom. The molecule has 2 N–H and O–H groups in total. The third-order valence-corrected chi connectivity index (χ3v) is 5.69. The first-order chi connectivity index (χ1) is 12.6. The van der Waals surface area contributed by atoms with Crippen LogP contribution >= 0.6 is 0 Å². The zero-order valence-electron chi connectivity index (χ0n) is 14.4. The van der Waals surface area contributed by atoms with Crippen molar-refractivity contribution in [2.24, 2.45) is 0 Å². The van der Waals surface area contributed by atoms with Crippen LogP contribution in [0, 0.1) is 6.92 Å². The first-order valence-electron chi connectivity index (χ1n) is 8.20. The van der Waals surface area contributed by atoms with E-state index in [0.717, 1.165) is 6.07 Å². The first-order valence-corrected chi connectivity index (χ1v) is 9.68. The number of rotatable bonds is 3. The van der Waals surface area contributed by atoms with Gasteiger partial charge in [-0.3, -0.25) is 9.52 Å². The molecule has 0 unspecified atom stereocenters. The van der Waals surface area contributed by atoms with Crippen molar-refractivity contribution in [3.05, 3.63) is 53.1 Å². The van der Waals surface area contributed by atoms with Gasteiger partial charge in [0.1, 0.15) is 0 Å². The summed E-state index contributed by atoms with van der Waals surface area (Å²) in [6.45, 7) is 1.31. The molecule has 0 saturated carbocycles.